The van der Waals surface area contributed by atoms with Crippen molar-refractivity contribution in [3.05, 3.63) is 28.2 Å². The average Bonchev–Trinajstić information content (AvgIpc) is 3.26. The number of piperazine rings is 2. The first-order valence-electron chi connectivity index (χ1n) is 10.0. The Morgan fingerprint density at radius 3 is 2.19 bits per heavy atom. The summed E-state index contributed by atoms with van der Waals surface area (Å²) >= 11 is 11.8. The first-order chi connectivity index (χ1) is 13.2. The summed E-state index contributed by atoms with van der Waals surface area (Å²) in [6, 6.07) is 6.55. The highest BCUT2D eigenvalue weighted by Gasteiger charge is 2.23. The van der Waals surface area contributed by atoms with E-state index in [0.717, 1.165) is 44.3 Å². The maximum Gasteiger partial charge on any atom is 0.209 e. The van der Waals surface area contributed by atoms with Crippen molar-refractivity contribution in [2.75, 3.05) is 57.3 Å². The van der Waals surface area contributed by atoms with E-state index in [2.05, 4.69) is 15.1 Å². The molecule has 0 aromatic heterocycles. The Morgan fingerprint density at radius 1 is 0.926 bits per heavy atom. The highest BCUT2D eigenvalue weighted by molar-refractivity contribution is 6.42. The van der Waals surface area contributed by atoms with Crippen LogP contribution in [0.1, 0.15) is 25.7 Å². The van der Waals surface area contributed by atoms with Gasteiger partial charge in [-0.25, -0.2) is 0 Å². The van der Waals surface area contributed by atoms with Gasteiger partial charge in [-0.1, -0.05) is 36.0 Å². The van der Waals surface area contributed by atoms with E-state index in [1.54, 1.807) is 11.0 Å². The summed E-state index contributed by atoms with van der Waals surface area (Å²) < 4.78 is 0. The third-order valence-corrected chi connectivity index (χ3v) is 6.46. The van der Waals surface area contributed by atoms with E-state index in [-0.39, 0.29) is 0 Å². The Balaban J connectivity index is 0.000000166. The lowest BCUT2D eigenvalue weighted by molar-refractivity contribution is -0.118. The Kier molecular flexibility index (Phi) is 8.07. The SMILES string of the molecule is C1CCC(N2CCNCC2)C1.O=CN1CCN(c2ccc(Cl)c(Cl)c2)CC1. The monoisotopic (exact) mass is 412 g/mol. The van der Waals surface area contributed by atoms with Crippen LogP contribution in [0.3, 0.4) is 0 Å². The zero-order chi connectivity index (χ0) is 19.1. The third-order valence-electron chi connectivity index (χ3n) is 5.72. The molecule has 4 rings (SSSR count). The van der Waals surface area contributed by atoms with Crippen LogP contribution >= 0.6 is 23.2 Å². The van der Waals surface area contributed by atoms with Gasteiger partial charge in [0.2, 0.25) is 6.41 Å². The van der Waals surface area contributed by atoms with E-state index < -0.39 is 0 Å². The molecule has 5 nitrogen and oxygen atoms in total. The molecule has 1 aliphatic carbocycles. The van der Waals surface area contributed by atoms with Crippen molar-refractivity contribution >= 4 is 35.3 Å². The van der Waals surface area contributed by atoms with E-state index in [1.807, 2.05) is 12.1 Å². The summed E-state index contributed by atoms with van der Waals surface area (Å²) in [6.07, 6.45) is 6.75. The molecule has 1 amide bonds. The Hall–Kier alpha value is -1.01. The second-order valence-corrected chi connectivity index (χ2v) is 8.27. The molecule has 2 aliphatic heterocycles. The van der Waals surface area contributed by atoms with Gasteiger partial charge in [0.05, 0.1) is 10.0 Å². The lowest BCUT2D eigenvalue weighted by Crippen LogP contribution is -2.47. The summed E-state index contributed by atoms with van der Waals surface area (Å²) in [5.41, 5.74) is 1.06. The number of nitrogens with zero attached hydrogens (tertiary/aromatic N) is 3. The molecule has 1 aromatic rings. The first-order valence-corrected chi connectivity index (χ1v) is 10.8. The largest absolute Gasteiger partial charge is 0.368 e. The normalized spacial score (nSPS) is 21.7. The number of carbonyl (C=O) groups excluding carboxylic acids is 1. The number of amides is 1. The lowest BCUT2D eigenvalue weighted by Gasteiger charge is -2.34. The van der Waals surface area contributed by atoms with Gasteiger partial charge in [0.15, 0.2) is 0 Å². The fraction of sp³-hybridized carbons (Fsp3) is 0.650. The molecule has 0 atom stereocenters. The number of benzene rings is 1. The van der Waals surface area contributed by atoms with Crippen LogP contribution in [0.25, 0.3) is 0 Å². The summed E-state index contributed by atoms with van der Waals surface area (Å²) in [5.74, 6) is 0. The molecule has 3 fully saturated rings. The van der Waals surface area contributed by atoms with Gasteiger partial charge >= 0.3 is 0 Å². The van der Waals surface area contributed by atoms with Gasteiger partial charge in [0.1, 0.15) is 0 Å². The number of halogens is 2. The molecular formula is C20H30Cl2N4O. The average molecular weight is 413 g/mol. The van der Waals surface area contributed by atoms with Crippen molar-refractivity contribution in [3.8, 4) is 0 Å². The first kappa shape index (κ1) is 20.7. The zero-order valence-corrected chi connectivity index (χ0v) is 17.4. The smallest absolute Gasteiger partial charge is 0.209 e. The highest BCUT2D eigenvalue weighted by atomic mass is 35.5. The molecular weight excluding hydrogens is 383 g/mol. The summed E-state index contributed by atoms with van der Waals surface area (Å²) in [7, 11) is 0. The summed E-state index contributed by atoms with van der Waals surface area (Å²) in [4.78, 5) is 17.2. The maximum absolute atomic E-state index is 10.6. The Bertz CT molecular complexity index is 596. The summed E-state index contributed by atoms with van der Waals surface area (Å²) in [6.45, 7) is 8.14. The van der Waals surface area contributed by atoms with Gasteiger partial charge in [-0.2, -0.15) is 0 Å². The summed E-state index contributed by atoms with van der Waals surface area (Å²) in [5, 5.41) is 4.53. The molecule has 3 aliphatic rings. The number of hydrogen-bond donors (Lipinski definition) is 1. The molecule has 0 unspecified atom stereocenters. The van der Waals surface area contributed by atoms with E-state index in [0.29, 0.717) is 10.0 Å². The van der Waals surface area contributed by atoms with Crippen LogP contribution in [0.15, 0.2) is 18.2 Å². The number of anilines is 1. The van der Waals surface area contributed by atoms with Gasteiger partial charge in [-0.05, 0) is 31.0 Å². The van der Waals surface area contributed by atoms with Crippen molar-refractivity contribution in [2.45, 2.75) is 31.7 Å². The van der Waals surface area contributed by atoms with Gasteiger partial charge in [-0.15, -0.1) is 0 Å². The number of hydrogen-bond acceptors (Lipinski definition) is 4. The fourth-order valence-electron chi connectivity index (χ4n) is 4.08. The maximum atomic E-state index is 10.6. The van der Waals surface area contributed by atoms with Gasteiger partial charge in [0.25, 0.3) is 0 Å². The molecule has 0 bridgehead atoms. The second kappa shape index (κ2) is 10.5. The molecule has 27 heavy (non-hydrogen) atoms. The van der Waals surface area contributed by atoms with Crippen molar-refractivity contribution in [3.63, 3.8) is 0 Å². The minimum Gasteiger partial charge on any atom is -0.368 e. The van der Waals surface area contributed by atoms with Crippen molar-refractivity contribution < 1.29 is 4.79 Å². The zero-order valence-electron chi connectivity index (χ0n) is 15.9. The second-order valence-electron chi connectivity index (χ2n) is 7.45. The van der Waals surface area contributed by atoms with Crippen LogP contribution in [0, 0.1) is 0 Å². The molecule has 7 heteroatoms. The molecule has 1 saturated carbocycles. The van der Waals surface area contributed by atoms with E-state index >= 15 is 0 Å². The van der Waals surface area contributed by atoms with Crippen LogP contribution < -0.4 is 10.2 Å². The number of rotatable bonds is 3. The number of nitrogens with one attached hydrogen (secondary N) is 1. The lowest BCUT2D eigenvalue weighted by atomic mass is 10.2. The predicted molar refractivity (Wildman–Crippen MR) is 113 cm³/mol. The molecule has 0 radical (unpaired) electrons. The van der Waals surface area contributed by atoms with Crippen molar-refractivity contribution in [1.82, 2.24) is 15.1 Å². The van der Waals surface area contributed by atoms with Crippen LogP contribution in [0.4, 0.5) is 5.69 Å². The molecule has 150 valence electrons. The molecule has 1 N–H and O–H groups in total. The Morgan fingerprint density at radius 2 is 1.59 bits per heavy atom. The molecule has 0 spiro atoms. The van der Waals surface area contributed by atoms with Gasteiger partial charge in [-0.3, -0.25) is 9.69 Å². The molecule has 2 heterocycles. The minimum absolute atomic E-state index is 0.567. The van der Waals surface area contributed by atoms with Gasteiger partial charge in [0, 0.05) is 64.1 Å². The topological polar surface area (TPSA) is 38.8 Å². The quantitative estimate of drug-likeness (QED) is 0.773. The van der Waals surface area contributed by atoms with Gasteiger partial charge < -0.3 is 15.1 Å². The third kappa shape index (κ3) is 5.98. The van der Waals surface area contributed by atoms with Crippen molar-refractivity contribution in [1.29, 1.82) is 0 Å². The molecule has 2 saturated heterocycles. The fourth-order valence-corrected chi connectivity index (χ4v) is 4.38. The van der Waals surface area contributed by atoms with Crippen LogP contribution in [-0.4, -0.2) is 74.6 Å². The van der Waals surface area contributed by atoms with Crippen LogP contribution in [-0.2, 0) is 4.79 Å². The highest BCUT2D eigenvalue weighted by Crippen LogP contribution is 2.27. The van der Waals surface area contributed by atoms with E-state index in [9.17, 15) is 4.79 Å². The predicted octanol–water partition coefficient (Wildman–Crippen LogP) is 3.11. The minimum atomic E-state index is 0.567. The Labute approximate surface area is 172 Å². The van der Waals surface area contributed by atoms with Crippen molar-refractivity contribution in [2.24, 2.45) is 0 Å². The number of carbonyl (C=O) groups is 1. The molecule has 1 aromatic carbocycles. The van der Waals surface area contributed by atoms with Crippen LogP contribution in [0.5, 0.6) is 0 Å². The standard InChI is InChI=1S/C11H12Cl2N2O.C9H18N2/c12-10-2-1-9(7-11(10)13)15-5-3-14(8-16)4-6-15;1-2-4-9(3-1)11-7-5-10-6-8-11/h1-2,7-8H,3-6H2;9-10H,1-8H2. The van der Waals surface area contributed by atoms with E-state index in [1.165, 1.54) is 51.9 Å². The van der Waals surface area contributed by atoms with E-state index in [4.69, 9.17) is 23.2 Å². The van der Waals surface area contributed by atoms with Crippen LogP contribution in [0.2, 0.25) is 10.0 Å².